The molecule has 2 aromatic rings. The number of guanidine groups is 1. The smallest absolute Gasteiger partial charge is 0.191 e. The highest BCUT2D eigenvalue weighted by Crippen LogP contribution is 2.27. The van der Waals surface area contributed by atoms with Crippen molar-refractivity contribution in [3.63, 3.8) is 0 Å². The molecule has 1 aromatic heterocycles. The van der Waals surface area contributed by atoms with Crippen molar-refractivity contribution in [1.82, 2.24) is 15.6 Å². The number of pyridine rings is 1. The molecule has 2 rings (SSSR count). The van der Waals surface area contributed by atoms with Crippen molar-refractivity contribution in [2.45, 2.75) is 19.9 Å². The average molecular weight is 381 g/mol. The summed E-state index contributed by atoms with van der Waals surface area (Å²) in [5, 5.41) is 7.60. The topological polar surface area (TPSA) is 58.5 Å². The van der Waals surface area contributed by atoms with E-state index < -0.39 is 0 Å². The molecule has 1 heterocycles. The number of hydrogen-bond acceptors (Lipinski definition) is 3. The van der Waals surface area contributed by atoms with Crippen LogP contribution in [0.2, 0.25) is 10.0 Å². The fraction of sp³-hybridized carbons (Fsp3) is 0.333. The van der Waals surface area contributed by atoms with Crippen molar-refractivity contribution in [3.8, 4) is 5.75 Å². The molecule has 0 unspecified atom stereocenters. The van der Waals surface area contributed by atoms with E-state index in [-0.39, 0.29) is 0 Å². The second-order valence-corrected chi connectivity index (χ2v) is 6.06. The number of halogens is 2. The minimum atomic E-state index is 0.519. The lowest BCUT2D eigenvalue weighted by Gasteiger charge is -2.12. The second kappa shape index (κ2) is 10.8. The standard InChI is InChI=1S/C18H22Cl2N4O/c1-2-21-18(24-13-15-6-3-4-9-22-15)23-10-5-11-25-17-8-7-14(19)12-16(17)20/h3-4,6-9,12H,2,5,10-11,13H2,1H3,(H2,21,23,24). The van der Waals surface area contributed by atoms with Crippen LogP contribution in [0.4, 0.5) is 0 Å². The Hall–Kier alpha value is -1.98. The Kier molecular flexibility index (Phi) is 8.35. The summed E-state index contributed by atoms with van der Waals surface area (Å²) >= 11 is 11.9. The Labute approximate surface area is 158 Å². The van der Waals surface area contributed by atoms with Crippen molar-refractivity contribution in [2.75, 3.05) is 19.7 Å². The second-order valence-electron chi connectivity index (χ2n) is 5.22. The highest BCUT2D eigenvalue weighted by Gasteiger charge is 2.02. The summed E-state index contributed by atoms with van der Waals surface area (Å²) in [5.74, 6) is 1.40. The number of aromatic nitrogens is 1. The zero-order chi connectivity index (χ0) is 17.9. The molecule has 0 saturated heterocycles. The van der Waals surface area contributed by atoms with Gasteiger partial charge >= 0.3 is 0 Å². The van der Waals surface area contributed by atoms with Crippen molar-refractivity contribution < 1.29 is 4.74 Å². The first-order chi connectivity index (χ1) is 12.2. The maximum absolute atomic E-state index is 6.07. The lowest BCUT2D eigenvalue weighted by molar-refractivity contribution is 0.311. The molecular weight excluding hydrogens is 359 g/mol. The molecule has 0 aliphatic carbocycles. The molecule has 7 heteroatoms. The van der Waals surface area contributed by atoms with Gasteiger partial charge in [0.15, 0.2) is 5.96 Å². The van der Waals surface area contributed by atoms with Crippen LogP contribution in [0.25, 0.3) is 0 Å². The van der Waals surface area contributed by atoms with Gasteiger partial charge in [-0.05, 0) is 43.7 Å². The first-order valence-electron chi connectivity index (χ1n) is 8.19. The van der Waals surface area contributed by atoms with E-state index in [2.05, 4.69) is 20.6 Å². The zero-order valence-electron chi connectivity index (χ0n) is 14.1. The summed E-state index contributed by atoms with van der Waals surface area (Å²) in [6.45, 7) is 4.65. The Bertz CT molecular complexity index is 680. The summed E-state index contributed by atoms with van der Waals surface area (Å²) in [5.41, 5.74) is 0.931. The molecule has 0 bridgehead atoms. The monoisotopic (exact) mass is 380 g/mol. The van der Waals surface area contributed by atoms with Crippen LogP contribution in [0.3, 0.4) is 0 Å². The third kappa shape index (κ3) is 7.20. The first kappa shape index (κ1) is 19.3. The maximum Gasteiger partial charge on any atom is 0.191 e. The van der Waals surface area contributed by atoms with Gasteiger partial charge in [0.25, 0.3) is 0 Å². The van der Waals surface area contributed by atoms with Crippen LogP contribution in [-0.2, 0) is 6.54 Å². The van der Waals surface area contributed by atoms with E-state index in [1.54, 1.807) is 24.4 Å². The lowest BCUT2D eigenvalue weighted by atomic mass is 10.3. The molecule has 0 atom stereocenters. The van der Waals surface area contributed by atoms with E-state index in [0.29, 0.717) is 28.9 Å². The molecule has 0 saturated carbocycles. The molecule has 0 aliphatic heterocycles. The van der Waals surface area contributed by atoms with Gasteiger partial charge in [0, 0.05) is 24.3 Å². The predicted octanol–water partition coefficient (Wildman–Crippen LogP) is 3.91. The van der Waals surface area contributed by atoms with Gasteiger partial charge in [-0.25, -0.2) is 4.99 Å². The highest BCUT2D eigenvalue weighted by atomic mass is 35.5. The zero-order valence-corrected chi connectivity index (χ0v) is 15.6. The molecule has 0 spiro atoms. The summed E-state index contributed by atoms with van der Waals surface area (Å²) in [6, 6.07) is 11.0. The molecule has 1 aromatic carbocycles. The fourth-order valence-corrected chi connectivity index (χ4v) is 2.51. The SMILES string of the molecule is CCNC(=NCc1ccccn1)NCCCOc1ccc(Cl)cc1Cl. The summed E-state index contributed by atoms with van der Waals surface area (Å²) in [4.78, 5) is 8.78. The lowest BCUT2D eigenvalue weighted by Crippen LogP contribution is -2.38. The molecule has 5 nitrogen and oxygen atoms in total. The van der Waals surface area contributed by atoms with Gasteiger partial charge in [-0.3, -0.25) is 4.98 Å². The Morgan fingerprint density at radius 1 is 1.20 bits per heavy atom. The molecular formula is C18H22Cl2N4O. The van der Waals surface area contributed by atoms with E-state index in [4.69, 9.17) is 27.9 Å². The van der Waals surface area contributed by atoms with Crippen molar-refractivity contribution >= 4 is 29.2 Å². The van der Waals surface area contributed by atoms with E-state index in [1.807, 2.05) is 25.1 Å². The van der Waals surface area contributed by atoms with E-state index >= 15 is 0 Å². The van der Waals surface area contributed by atoms with Gasteiger partial charge in [0.1, 0.15) is 5.75 Å². The molecule has 0 fully saturated rings. The largest absolute Gasteiger partial charge is 0.492 e. The summed E-state index contributed by atoms with van der Waals surface area (Å²) in [7, 11) is 0. The Morgan fingerprint density at radius 2 is 2.08 bits per heavy atom. The number of ether oxygens (including phenoxy) is 1. The number of nitrogens with zero attached hydrogens (tertiary/aromatic N) is 2. The number of hydrogen-bond donors (Lipinski definition) is 2. The summed E-state index contributed by atoms with van der Waals surface area (Å²) in [6.07, 6.45) is 2.58. The van der Waals surface area contributed by atoms with Gasteiger partial charge in [-0.1, -0.05) is 29.3 Å². The van der Waals surface area contributed by atoms with Crippen molar-refractivity contribution in [2.24, 2.45) is 4.99 Å². The van der Waals surface area contributed by atoms with Crippen molar-refractivity contribution in [1.29, 1.82) is 0 Å². The van der Waals surface area contributed by atoms with Crippen LogP contribution < -0.4 is 15.4 Å². The van der Waals surface area contributed by atoms with Crippen LogP contribution in [-0.4, -0.2) is 30.6 Å². The van der Waals surface area contributed by atoms with Gasteiger partial charge in [0.05, 0.1) is 23.9 Å². The molecule has 134 valence electrons. The molecule has 0 amide bonds. The third-order valence-corrected chi connectivity index (χ3v) is 3.77. The summed E-state index contributed by atoms with van der Waals surface area (Å²) < 4.78 is 5.66. The van der Waals surface area contributed by atoms with Gasteiger partial charge in [-0.15, -0.1) is 0 Å². The normalized spacial score (nSPS) is 11.2. The molecule has 25 heavy (non-hydrogen) atoms. The van der Waals surface area contributed by atoms with Crippen LogP contribution in [0.5, 0.6) is 5.75 Å². The highest BCUT2D eigenvalue weighted by molar-refractivity contribution is 6.35. The van der Waals surface area contributed by atoms with Crippen LogP contribution in [0.15, 0.2) is 47.6 Å². The van der Waals surface area contributed by atoms with E-state index in [9.17, 15) is 0 Å². The predicted molar refractivity (Wildman–Crippen MR) is 104 cm³/mol. The molecule has 0 aliphatic rings. The quantitative estimate of drug-likeness (QED) is 0.414. The number of aliphatic imine (C=N–C) groups is 1. The van der Waals surface area contributed by atoms with Crippen LogP contribution >= 0.6 is 23.2 Å². The minimum Gasteiger partial charge on any atom is -0.492 e. The van der Waals surface area contributed by atoms with Crippen LogP contribution in [0, 0.1) is 0 Å². The van der Waals surface area contributed by atoms with E-state index in [0.717, 1.165) is 31.2 Å². The van der Waals surface area contributed by atoms with Gasteiger partial charge in [-0.2, -0.15) is 0 Å². The van der Waals surface area contributed by atoms with Gasteiger partial charge < -0.3 is 15.4 Å². The number of nitrogens with one attached hydrogen (secondary N) is 2. The Balaban J connectivity index is 1.73. The number of rotatable bonds is 8. The Morgan fingerprint density at radius 3 is 2.80 bits per heavy atom. The maximum atomic E-state index is 6.07. The van der Waals surface area contributed by atoms with Gasteiger partial charge in [0.2, 0.25) is 0 Å². The van der Waals surface area contributed by atoms with E-state index in [1.165, 1.54) is 0 Å². The molecule has 0 radical (unpaired) electrons. The number of benzene rings is 1. The average Bonchev–Trinajstić information content (AvgIpc) is 2.62. The minimum absolute atomic E-state index is 0.519. The third-order valence-electron chi connectivity index (χ3n) is 3.23. The van der Waals surface area contributed by atoms with Crippen LogP contribution in [0.1, 0.15) is 19.0 Å². The fourth-order valence-electron chi connectivity index (χ4n) is 2.05. The molecule has 2 N–H and O–H groups in total. The first-order valence-corrected chi connectivity index (χ1v) is 8.94. The van der Waals surface area contributed by atoms with Crippen molar-refractivity contribution in [3.05, 3.63) is 58.3 Å².